The second kappa shape index (κ2) is 3.96. The predicted octanol–water partition coefficient (Wildman–Crippen LogP) is 2.47. The third-order valence-electron chi connectivity index (χ3n) is 3.74. The highest BCUT2D eigenvalue weighted by Crippen LogP contribution is 2.43. The number of furan rings is 1. The van der Waals surface area contributed by atoms with Gasteiger partial charge in [-0.15, -0.1) is 0 Å². The number of hydrogen-bond acceptors (Lipinski definition) is 3. The van der Waals surface area contributed by atoms with Gasteiger partial charge in [-0.25, -0.2) is 4.79 Å². The van der Waals surface area contributed by atoms with Gasteiger partial charge in [-0.05, 0) is 37.0 Å². The maximum atomic E-state index is 11.2. The molecule has 0 bridgehead atoms. The number of carboxylic acids is 1. The van der Waals surface area contributed by atoms with E-state index >= 15 is 0 Å². The van der Waals surface area contributed by atoms with Crippen molar-refractivity contribution < 1.29 is 19.4 Å². The zero-order valence-corrected chi connectivity index (χ0v) is 10.5. The molecule has 0 spiro atoms. The Bertz CT molecular complexity index is 656. The maximum absolute atomic E-state index is 11.2. The van der Waals surface area contributed by atoms with E-state index in [1.54, 1.807) is 0 Å². The smallest absolute Gasteiger partial charge is 0.339 e. The van der Waals surface area contributed by atoms with Crippen molar-refractivity contribution in [3.8, 4) is 0 Å². The zero-order chi connectivity index (χ0) is 13.6. The molecule has 4 heteroatoms. The molecule has 1 aromatic heterocycles. The molecular weight excluding hydrogens is 244 g/mol. The Hall–Kier alpha value is -2.07. The summed E-state index contributed by atoms with van der Waals surface area (Å²) in [4.78, 5) is 11.2. The highest BCUT2D eigenvalue weighted by molar-refractivity contribution is 5.89. The molecule has 2 N–H and O–H groups in total. The number of rotatable bonds is 2. The fourth-order valence-corrected chi connectivity index (χ4v) is 2.78. The molecule has 19 heavy (non-hydrogen) atoms. The molecule has 1 atom stereocenters. The molecule has 1 heterocycles. The van der Waals surface area contributed by atoms with E-state index in [9.17, 15) is 9.90 Å². The predicted molar refractivity (Wildman–Crippen MR) is 68.2 cm³/mol. The summed E-state index contributed by atoms with van der Waals surface area (Å²) in [6.07, 6.45) is 2.47. The van der Waals surface area contributed by atoms with Crippen LogP contribution in [-0.4, -0.2) is 16.2 Å². The lowest BCUT2D eigenvalue weighted by molar-refractivity contribution is 0.0518. The summed E-state index contributed by atoms with van der Waals surface area (Å²) in [5.41, 5.74) is 1.52. The van der Waals surface area contributed by atoms with Gasteiger partial charge in [-0.2, -0.15) is 0 Å². The lowest BCUT2D eigenvalue weighted by atomic mass is 9.90. The van der Waals surface area contributed by atoms with Crippen molar-refractivity contribution in [1.29, 1.82) is 0 Å². The van der Waals surface area contributed by atoms with Crippen molar-refractivity contribution >= 4 is 5.97 Å². The van der Waals surface area contributed by atoms with Crippen LogP contribution in [0.4, 0.5) is 0 Å². The molecule has 1 unspecified atom stereocenters. The lowest BCUT2D eigenvalue weighted by Gasteiger charge is -2.22. The van der Waals surface area contributed by atoms with Gasteiger partial charge in [-0.3, -0.25) is 0 Å². The molecule has 0 aliphatic heterocycles. The van der Waals surface area contributed by atoms with Gasteiger partial charge in [-0.1, -0.05) is 23.8 Å². The van der Waals surface area contributed by atoms with Gasteiger partial charge in [0.25, 0.3) is 0 Å². The number of fused-ring (bicyclic) bond motifs is 1. The van der Waals surface area contributed by atoms with Crippen LogP contribution in [0, 0.1) is 6.92 Å². The van der Waals surface area contributed by atoms with Crippen LogP contribution < -0.4 is 0 Å². The van der Waals surface area contributed by atoms with Gasteiger partial charge in [0.05, 0.1) is 6.26 Å². The average Bonchev–Trinajstić information content (AvgIpc) is 2.96. The Kier molecular flexibility index (Phi) is 2.50. The van der Waals surface area contributed by atoms with E-state index in [2.05, 4.69) is 0 Å². The minimum Gasteiger partial charge on any atom is -0.478 e. The molecule has 0 saturated heterocycles. The highest BCUT2D eigenvalue weighted by atomic mass is 16.4. The molecule has 0 fully saturated rings. The van der Waals surface area contributed by atoms with E-state index in [-0.39, 0.29) is 11.3 Å². The lowest BCUT2D eigenvalue weighted by Crippen LogP contribution is -2.25. The molecule has 0 saturated carbocycles. The Labute approximate surface area is 110 Å². The minimum absolute atomic E-state index is 0.0249. The van der Waals surface area contributed by atoms with Crippen molar-refractivity contribution in [2.75, 3.05) is 0 Å². The molecule has 2 aromatic rings. The first-order valence-corrected chi connectivity index (χ1v) is 6.16. The van der Waals surface area contributed by atoms with Gasteiger partial charge in [0.15, 0.2) is 5.76 Å². The first kappa shape index (κ1) is 12.0. The molecule has 1 aromatic carbocycles. The van der Waals surface area contributed by atoms with Gasteiger partial charge < -0.3 is 14.6 Å². The SMILES string of the molecule is Cc1ccc2c(c1)C(O)(c1occc1C(=O)O)CC2. The Balaban J connectivity index is 2.19. The number of aliphatic hydroxyl groups is 1. The summed E-state index contributed by atoms with van der Waals surface area (Å²) in [5, 5.41) is 20.1. The van der Waals surface area contributed by atoms with Crippen LogP contribution in [0.5, 0.6) is 0 Å². The van der Waals surface area contributed by atoms with Crippen molar-refractivity contribution in [3.05, 3.63) is 58.5 Å². The first-order valence-electron chi connectivity index (χ1n) is 6.16. The standard InChI is InChI=1S/C15H14O4/c1-9-2-3-10-4-6-15(18,12(10)8-9)13-11(14(16)17)5-7-19-13/h2-3,5,7-8,18H,4,6H2,1H3,(H,16,17). The van der Waals surface area contributed by atoms with Crippen LogP contribution in [0.1, 0.15) is 39.2 Å². The fraction of sp³-hybridized carbons (Fsp3) is 0.267. The molecule has 0 amide bonds. The van der Waals surface area contributed by atoms with Gasteiger partial charge in [0.2, 0.25) is 0 Å². The van der Waals surface area contributed by atoms with Gasteiger partial charge in [0.1, 0.15) is 11.2 Å². The maximum Gasteiger partial charge on any atom is 0.339 e. The normalized spacial score (nSPS) is 21.4. The van der Waals surface area contributed by atoms with Crippen molar-refractivity contribution in [2.45, 2.75) is 25.4 Å². The number of aromatic carboxylic acids is 1. The quantitative estimate of drug-likeness (QED) is 0.868. The van der Waals surface area contributed by atoms with E-state index in [1.165, 1.54) is 12.3 Å². The highest BCUT2D eigenvalue weighted by Gasteiger charge is 2.43. The Morgan fingerprint density at radius 2 is 2.16 bits per heavy atom. The number of carbonyl (C=O) groups is 1. The van der Waals surface area contributed by atoms with Crippen molar-refractivity contribution in [2.24, 2.45) is 0 Å². The van der Waals surface area contributed by atoms with E-state index in [0.717, 1.165) is 16.7 Å². The molecular formula is C15H14O4. The van der Waals surface area contributed by atoms with Gasteiger partial charge >= 0.3 is 5.97 Å². The summed E-state index contributed by atoms with van der Waals surface area (Å²) < 4.78 is 5.28. The number of hydrogen-bond donors (Lipinski definition) is 2. The molecule has 3 rings (SSSR count). The van der Waals surface area contributed by atoms with Crippen molar-refractivity contribution in [3.63, 3.8) is 0 Å². The third-order valence-corrected chi connectivity index (χ3v) is 3.74. The second-order valence-electron chi connectivity index (χ2n) is 4.99. The minimum atomic E-state index is -1.33. The van der Waals surface area contributed by atoms with Crippen LogP contribution in [-0.2, 0) is 12.0 Å². The Morgan fingerprint density at radius 3 is 2.89 bits per heavy atom. The topological polar surface area (TPSA) is 70.7 Å². The molecule has 4 nitrogen and oxygen atoms in total. The van der Waals surface area contributed by atoms with Gasteiger partial charge in [0, 0.05) is 0 Å². The average molecular weight is 258 g/mol. The van der Waals surface area contributed by atoms with Crippen LogP contribution >= 0.6 is 0 Å². The summed E-state index contributed by atoms with van der Waals surface area (Å²) in [5.74, 6) is -0.956. The summed E-state index contributed by atoms with van der Waals surface area (Å²) in [6, 6.07) is 7.25. The zero-order valence-electron chi connectivity index (χ0n) is 10.5. The molecule has 1 aliphatic carbocycles. The summed E-state index contributed by atoms with van der Waals surface area (Å²) in [7, 11) is 0. The fourth-order valence-electron chi connectivity index (χ4n) is 2.78. The van der Waals surface area contributed by atoms with Crippen LogP contribution in [0.25, 0.3) is 0 Å². The van der Waals surface area contributed by atoms with Crippen molar-refractivity contribution in [1.82, 2.24) is 0 Å². The van der Waals surface area contributed by atoms with Crippen LogP contribution in [0.15, 0.2) is 34.9 Å². The molecule has 0 radical (unpaired) electrons. The number of benzene rings is 1. The largest absolute Gasteiger partial charge is 0.478 e. The van der Waals surface area contributed by atoms with E-state index in [4.69, 9.17) is 9.52 Å². The number of aryl methyl sites for hydroxylation is 2. The molecule has 98 valence electrons. The van der Waals surface area contributed by atoms with E-state index in [1.807, 2.05) is 25.1 Å². The number of carboxylic acid groups (broad SMARTS) is 1. The first-order chi connectivity index (χ1) is 9.02. The Morgan fingerprint density at radius 1 is 1.37 bits per heavy atom. The molecule has 1 aliphatic rings. The van der Waals surface area contributed by atoms with Crippen LogP contribution in [0.2, 0.25) is 0 Å². The summed E-state index contributed by atoms with van der Waals surface area (Å²) >= 11 is 0. The third kappa shape index (κ3) is 1.68. The second-order valence-corrected chi connectivity index (χ2v) is 4.99. The van der Waals surface area contributed by atoms with E-state index < -0.39 is 11.6 Å². The summed E-state index contributed by atoms with van der Waals surface area (Å²) in [6.45, 7) is 1.94. The van der Waals surface area contributed by atoms with E-state index in [0.29, 0.717) is 12.8 Å². The monoisotopic (exact) mass is 258 g/mol. The van der Waals surface area contributed by atoms with Crippen LogP contribution in [0.3, 0.4) is 0 Å².